The fourth-order valence-electron chi connectivity index (χ4n) is 12.2. The summed E-state index contributed by atoms with van der Waals surface area (Å²) in [6, 6.07) is 59.0. The van der Waals surface area contributed by atoms with Crippen molar-refractivity contribution in [1.29, 1.82) is 0 Å². The van der Waals surface area contributed by atoms with Crippen LogP contribution in [0.5, 0.6) is 0 Å². The molecule has 3 heteroatoms. The minimum Gasteiger partial charge on any atom is -0.455 e. The van der Waals surface area contributed by atoms with E-state index in [0.29, 0.717) is 5.41 Å². The largest absolute Gasteiger partial charge is 0.455 e. The molecule has 4 aliphatic rings. The maximum Gasteiger partial charge on any atom is 0.153 e. The predicted molar refractivity (Wildman–Crippen MR) is 242 cm³/mol. The van der Waals surface area contributed by atoms with Crippen LogP contribution in [0.15, 0.2) is 162 Å². The van der Waals surface area contributed by atoms with Crippen molar-refractivity contribution in [3.05, 3.63) is 163 Å². The zero-order valence-electron chi connectivity index (χ0n) is 31.7. The number of rotatable bonds is 5. The lowest BCUT2D eigenvalue weighted by Gasteiger charge is -2.57. The molecule has 0 radical (unpaired) electrons. The van der Waals surface area contributed by atoms with E-state index in [1.54, 1.807) is 5.56 Å². The zero-order valence-corrected chi connectivity index (χ0v) is 32.6. The van der Waals surface area contributed by atoms with Crippen molar-refractivity contribution < 1.29 is 4.42 Å². The molecule has 2 aromatic heterocycles. The van der Waals surface area contributed by atoms with Crippen LogP contribution in [0, 0.1) is 17.8 Å². The molecule has 0 amide bonds. The summed E-state index contributed by atoms with van der Waals surface area (Å²) in [5.41, 5.74) is 9.89. The number of nitrogens with zero attached hydrogens (tertiary/aromatic N) is 1. The summed E-state index contributed by atoms with van der Waals surface area (Å²) in [4.78, 5) is 2.57. The van der Waals surface area contributed by atoms with E-state index in [0.717, 1.165) is 39.7 Å². The number of anilines is 3. The molecular weight excluding hydrogens is 711 g/mol. The Morgan fingerprint density at radius 3 is 1.93 bits per heavy atom. The van der Waals surface area contributed by atoms with Crippen molar-refractivity contribution in [2.24, 2.45) is 17.8 Å². The quantitative estimate of drug-likeness (QED) is 0.174. The smallest absolute Gasteiger partial charge is 0.153 e. The summed E-state index contributed by atoms with van der Waals surface area (Å²) in [5.74, 6) is 2.74. The number of hydrogen-bond donors (Lipinski definition) is 0. The molecule has 4 saturated carbocycles. The minimum absolute atomic E-state index is 0.344. The summed E-state index contributed by atoms with van der Waals surface area (Å²) in [7, 11) is 0. The fraction of sp³-hybridized carbons (Fsp3) is 0.185. The number of thiophene rings is 1. The van der Waals surface area contributed by atoms with Gasteiger partial charge in [0, 0.05) is 37.3 Å². The molecule has 0 unspecified atom stereocenters. The van der Waals surface area contributed by atoms with Crippen molar-refractivity contribution in [1.82, 2.24) is 0 Å². The third kappa shape index (κ3) is 4.76. The Balaban J connectivity index is 1.09. The molecule has 0 saturated heterocycles. The molecule has 0 N–H and O–H groups in total. The SMILES string of the molecule is c1ccc2c(-c3ccc(N(c4ccc(C56CC7CC(CC(C7)C5)C6)cc4)c4cc5c6ccccc6oc5c5sc6ccccc6c45)c4ccccc34)cccc2c1. The van der Waals surface area contributed by atoms with Gasteiger partial charge in [0.05, 0.1) is 16.1 Å². The van der Waals surface area contributed by atoms with Gasteiger partial charge < -0.3 is 9.32 Å². The normalized spacial score (nSPS) is 21.5. The van der Waals surface area contributed by atoms with Gasteiger partial charge in [-0.15, -0.1) is 11.3 Å². The Kier molecular flexibility index (Phi) is 6.81. The van der Waals surface area contributed by atoms with Gasteiger partial charge in [-0.3, -0.25) is 0 Å². The van der Waals surface area contributed by atoms with E-state index in [4.69, 9.17) is 4.42 Å². The van der Waals surface area contributed by atoms with Crippen LogP contribution in [0.3, 0.4) is 0 Å². The van der Waals surface area contributed by atoms with Crippen LogP contribution >= 0.6 is 11.3 Å². The van der Waals surface area contributed by atoms with E-state index >= 15 is 0 Å². The van der Waals surface area contributed by atoms with Gasteiger partial charge in [-0.25, -0.2) is 0 Å². The Bertz CT molecular complexity index is 3200. The third-order valence-electron chi connectivity index (χ3n) is 14.2. The molecule has 0 spiro atoms. The molecule has 4 bridgehead atoms. The van der Waals surface area contributed by atoms with Gasteiger partial charge in [-0.1, -0.05) is 121 Å². The highest BCUT2D eigenvalue weighted by molar-refractivity contribution is 7.26. The summed E-state index contributed by atoms with van der Waals surface area (Å²) < 4.78 is 9.21. The van der Waals surface area contributed by atoms with Crippen LogP contribution in [-0.4, -0.2) is 0 Å². The van der Waals surface area contributed by atoms with Crippen LogP contribution < -0.4 is 4.90 Å². The average molecular weight is 752 g/mol. The number of hydrogen-bond acceptors (Lipinski definition) is 3. The molecule has 57 heavy (non-hydrogen) atoms. The van der Waals surface area contributed by atoms with E-state index in [9.17, 15) is 0 Å². The Labute approximate surface area is 336 Å². The maximum atomic E-state index is 6.74. The highest BCUT2D eigenvalue weighted by Gasteiger charge is 2.51. The fourth-order valence-corrected chi connectivity index (χ4v) is 13.4. The van der Waals surface area contributed by atoms with Crippen molar-refractivity contribution in [3.63, 3.8) is 0 Å². The number of fused-ring (bicyclic) bond motifs is 9. The lowest BCUT2D eigenvalue weighted by atomic mass is 9.48. The van der Waals surface area contributed by atoms with Gasteiger partial charge in [0.1, 0.15) is 5.58 Å². The van der Waals surface area contributed by atoms with Gasteiger partial charge in [0.15, 0.2) is 5.58 Å². The standard InChI is InChI=1S/C54H41NOS/c1-2-12-39-36(10-1)11-9-17-40(39)42-24-25-47(43-14-4-3-13-41(42)43)55(38-22-20-37(21-23-38)54-30-33-26-34(31-54)28-35(27-33)32-54)48-29-46-44-15-5-7-18-49(44)56-52(46)53-51(48)45-16-6-8-19-50(45)57-53/h1-25,29,33-35H,26-28,30-32H2. The molecule has 4 fully saturated rings. The molecule has 0 aliphatic heterocycles. The van der Waals surface area contributed by atoms with Gasteiger partial charge >= 0.3 is 0 Å². The number of para-hydroxylation sites is 1. The van der Waals surface area contributed by atoms with Crippen molar-refractivity contribution in [2.75, 3.05) is 4.90 Å². The van der Waals surface area contributed by atoms with Crippen LogP contribution in [0.1, 0.15) is 44.1 Å². The summed E-state index contributed by atoms with van der Waals surface area (Å²) in [6.45, 7) is 0. The topological polar surface area (TPSA) is 16.4 Å². The van der Waals surface area contributed by atoms with Crippen molar-refractivity contribution >= 4 is 92.1 Å². The first-order chi connectivity index (χ1) is 28.2. The van der Waals surface area contributed by atoms with Gasteiger partial charge in [0.2, 0.25) is 0 Å². The first-order valence-corrected chi connectivity index (χ1v) is 21.7. The molecule has 8 aromatic carbocycles. The molecule has 10 aromatic rings. The molecule has 14 rings (SSSR count). The first kappa shape index (κ1) is 32.2. The van der Waals surface area contributed by atoms with E-state index in [1.165, 1.54) is 108 Å². The lowest BCUT2D eigenvalue weighted by Crippen LogP contribution is -2.48. The predicted octanol–water partition coefficient (Wildman–Crippen LogP) is 15.9. The molecule has 4 aliphatic carbocycles. The molecule has 2 nitrogen and oxygen atoms in total. The van der Waals surface area contributed by atoms with Crippen LogP contribution in [0.4, 0.5) is 17.1 Å². The minimum atomic E-state index is 0.344. The molecule has 274 valence electrons. The van der Waals surface area contributed by atoms with Crippen molar-refractivity contribution in [2.45, 2.75) is 43.9 Å². The summed E-state index contributed by atoms with van der Waals surface area (Å²) >= 11 is 1.85. The van der Waals surface area contributed by atoms with E-state index in [-0.39, 0.29) is 0 Å². The van der Waals surface area contributed by atoms with Gasteiger partial charge in [-0.05, 0) is 131 Å². The van der Waals surface area contributed by atoms with Gasteiger partial charge in [0.25, 0.3) is 0 Å². The van der Waals surface area contributed by atoms with E-state index < -0.39 is 0 Å². The second-order valence-electron chi connectivity index (χ2n) is 17.5. The molecule has 0 atom stereocenters. The van der Waals surface area contributed by atoms with E-state index in [1.807, 2.05) is 11.3 Å². The van der Waals surface area contributed by atoms with Crippen LogP contribution in [0.25, 0.3) is 74.8 Å². The molecule has 2 heterocycles. The first-order valence-electron chi connectivity index (χ1n) is 20.8. The molecular formula is C54H41NOS. The van der Waals surface area contributed by atoms with E-state index in [2.05, 4.69) is 163 Å². The number of furan rings is 1. The Morgan fingerprint density at radius 2 is 1.14 bits per heavy atom. The highest BCUT2D eigenvalue weighted by atomic mass is 32.1. The highest BCUT2D eigenvalue weighted by Crippen LogP contribution is 2.61. The third-order valence-corrected chi connectivity index (χ3v) is 15.4. The van der Waals surface area contributed by atoms with Crippen LogP contribution in [0.2, 0.25) is 0 Å². The lowest BCUT2D eigenvalue weighted by molar-refractivity contribution is -0.00518. The Morgan fingerprint density at radius 1 is 0.509 bits per heavy atom. The van der Waals surface area contributed by atoms with Gasteiger partial charge in [-0.2, -0.15) is 0 Å². The van der Waals surface area contributed by atoms with Crippen molar-refractivity contribution in [3.8, 4) is 11.1 Å². The maximum absolute atomic E-state index is 6.74. The summed E-state index contributed by atoms with van der Waals surface area (Å²) in [5, 5.41) is 9.85. The second-order valence-corrected chi connectivity index (χ2v) is 18.5. The second kappa shape index (κ2) is 12.1. The number of benzene rings is 8. The Hall–Kier alpha value is -5.90. The van der Waals surface area contributed by atoms with Crippen LogP contribution in [-0.2, 0) is 5.41 Å². The average Bonchev–Trinajstić information content (AvgIpc) is 3.83. The zero-order chi connectivity index (χ0) is 37.2. The monoisotopic (exact) mass is 751 g/mol. The summed E-state index contributed by atoms with van der Waals surface area (Å²) in [6.07, 6.45) is 8.49.